The fourth-order valence-corrected chi connectivity index (χ4v) is 2.04. The molecule has 2 heterocycles. The number of halogens is 1. The number of nitrogens with zero attached hydrogens (tertiary/aromatic N) is 3. The number of piperidine rings is 1. The van der Waals surface area contributed by atoms with Gasteiger partial charge in [0.25, 0.3) is 0 Å². The van der Waals surface area contributed by atoms with Gasteiger partial charge in [-0.15, -0.1) is 0 Å². The molecular formula is C10H15ClN4. The largest absolute Gasteiger partial charge is 0.356 e. The molecule has 5 heteroatoms. The lowest BCUT2D eigenvalue weighted by Gasteiger charge is -2.27. The van der Waals surface area contributed by atoms with Gasteiger partial charge in [0, 0.05) is 25.7 Å². The summed E-state index contributed by atoms with van der Waals surface area (Å²) in [6, 6.07) is 1.93. The summed E-state index contributed by atoms with van der Waals surface area (Å²) in [6.07, 6.45) is 3.75. The first kappa shape index (κ1) is 10.6. The maximum absolute atomic E-state index is 5.84. The van der Waals surface area contributed by atoms with Crippen LogP contribution in [0.1, 0.15) is 25.0 Å². The van der Waals surface area contributed by atoms with Crippen LogP contribution in [0.15, 0.2) is 6.07 Å². The van der Waals surface area contributed by atoms with Gasteiger partial charge in [-0.3, -0.25) is 0 Å². The van der Waals surface area contributed by atoms with E-state index in [-0.39, 0.29) is 0 Å². The Bertz CT molecular complexity index is 336. The topological polar surface area (TPSA) is 55.0 Å². The van der Waals surface area contributed by atoms with E-state index in [0.29, 0.717) is 11.8 Å². The van der Waals surface area contributed by atoms with Gasteiger partial charge in [-0.05, 0) is 30.9 Å². The third-order valence-electron chi connectivity index (χ3n) is 2.63. The molecule has 0 amide bonds. The number of aromatic nitrogens is 2. The number of hydrogen-bond donors (Lipinski definition) is 1. The van der Waals surface area contributed by atoms with Crippen molar-refractivity contribution in [2.75, 3.05) is 18.0 Å². The minimum Gasteiger partial charge on any atom is -0.356 e. The quantitative estimate of drug-likeness (QED) is 0.778. The molecule has 2 N–H and O–H groups in total. The smallest absolute Gasteiger partial charge is 0.224 e. The van der Waals surface area contributed by atoms with Crippen LogP contribution in [0.25, 0.3) is 0 Å². The van der Waals surface area contributed by atoms with Crippen LogP contribution in [-0.4, -0.2) is 23.1 Å². The Kier molecular flexibility index (Phi) is 3.38. The van der Waals surface area contributed by atoms with Gasteiger partial charge in [0.2, 0.25) is 5.28 Å². The van der Waals surface area contributed by atoms with Crippen molar-refractivity contribution in [3.8, 4) is 0 Å². The fraction of sp³-hybridized carbons (Fsp3) is 0.600. The molecule has 0 aliphatic carbocycles. The molecule has 1 aromatic rings. The van der Waals surface area contributed by atoms with Crippen LogP contribution < -0.4 is 10.6 Å². The average molecular weight is 227 g/mol. The zero-order chi connectivity index (χ0) is 10.7. The van der Waals surface area contributed by atoms with Crippen molar-refractivity contribution in [3.63, 3.8) is 0 Å². The Hall–Kier alpha value is -0.870. The fourth-order valence-electron chi connectivity index (χ4n) is 1.84. The van der Waals surface area contributed by atoms with Crippen molar-refractivity contribution in [2.45, 2.75) is 25.8 Å². The summed E-state index contributed by atoms with van der Waals surface area (Å²) < 4.78 is 0. The summed E-state index contributed by atoms with van der Waals surface area (Å²) in [5, 5.41) is 0.290. The minimum absolute atomic E-state index is 0.290. The van der Waals surface area contributed by atoms with E-state index in [1.807, 2.05) is 6.07 Å². The third-order valence-corrected chi connectivity index (χ3v) is 2.80. The summed E-state index contributed by atoms with van der Waals surface area (Å²) in [5.41, 5.74) is 6.35. The van der Waals surface area contributed by atoms with Crippen LogP contribution in [0, 0.1) is 0 Å². The monoisotopic (exact) mass is 226 g/mol. The predicted molar refractivity (Wildman–Crippen MR) is 61.0 cm³/mol. The van der Waals surface area contributed by atoms with Crippen molar-refractivity contribution in [2.24, 2.45) is 5.73 Å². The van der Waals surface area contributed by atoms with Crippen LogP contribution >= 0.6 is 11.6 Å². The molecule has 0 unspecified atom stereocenters. The van der Waals surface area contributed by atoms with Crippen molar-refractivity contribution in [1.29, 1.82) is 0 Å². The second-order valence-corrected chi connectivity index (χ2v) is 4.08. The van der Waals surface area contributed by atoms with Gasteiger partial charge >= 0.3 is 0 Å². The number of anilines is 1. The molecule has 82 valence electrons. The molecule has 0 radical (unpaired) electrons. The first-order valence-corrected chi connectivity index (χ1v) is 5.66. The Labute approximate surface area is 94.5 Å². The SMILES string of the molecule is NCc1cc(N2CCCCC2)nc(Cl)n1. The Morgan fingerprint density at radius 3 is 2.67 bits per heavy atom. The highest BCUT2D eigenvalue weighted by atomic mass is 35.5. The molecule has 1 saturated heterocycles. The van der Waals surface area contributed by atoms with Gasteiger partial charge < -0.3 is 10.6 Å². The summed E-state index contributed by atoms with van der Waals surface area (Å²) in [5.74, 6) is 0.912. The minimum atomic E-state index is 0.290. The van der Waals surface area contributed by atoms with Crippen molar-refractivity contribution in [3.05, 3.63) is 17.0 Å². The Balaban J connectivity index is 2.22. The highest BCUT2D eigenvalue weighted by Gasteiger charge is 2.13. The molecule has 0 spiro atoms. The second kappa shape index (κ2) is 4.77. The predicted octanol–water partition coefficient (Wildman–Crippen LogP) is 1.58. The van der Waals surface area contributed by atoms with E-state index in [2.05, 4.69) is 14.9 Å². The molecule has 1 aliphatic rings. The highest BCUT2D eigenvalue weighted by Crippen LogP contribution is 2.19. The Morgan fingerprint density at radius 2 is 2.00 bits per heavy atom. The van der Waals surface area contributed by atoms with Crippen molar-refractivity contribution < 1.29 is 0 Å². The molecule has 15 heavy (non-hydrogen) atoms. The standard InChI is InChI=1S/C10H15ClN4/c11-10-13-8(7-12)6-9(14-10)15-4-2-1-3-5-15/h6H,1-5,7,12H2. The van der Waals surface area contributed by atoms with Crippen LogP contribution in [0.5, 0.6) is 0 Å². The summed E-state index contributed by atoms with van der Waals surface area (Å²) in [4.78, 5) is 10.5. The normalized spacial score (nSPS) is 16.8. The molecule has 1 fully saturated rings. The summed E-state index contributed by atoms with van der Waals surface area (Å²) in [7, 11) is 0. The molecule has 0 bridgehead atoms. The highest BCUT2D eigenvalue weighted by molar-refractivity contribution is 6.28. The van der Waals surface area contributed by atoms with Gasteiger partial charge in [0.15, 0.2) is 0 Å². The van der Waals surface area contributed by atoms with Gasteiger partial charge in [-0.1, -0.05) is 0 Å². The van der Waals surface area contributed by atoms with E-state index in [4.69, 9.17) is 17.3 Å². The number of hydrogen-bond acceptors (Lipinski definition) is 4. The van der Waals surface area contributed by atoms with E-state index in [0.717, 1.165) is 24.6 Å². The maximum atomic E-state index is 5.84. The van der Waals surface area contributed by atoms with E-state index in [1.165, 1.54) is 19.3 Å². The van der Waals surface area contributed by atoms with E-state index in [9.17, 15) is 0 Å². The van der Waals surface area contributed by atoms with E-state index < -0.39 is 0 Å². The van der Waals surface area contributed by atoms with Gasteiger partial charge in [-0.25, -0.2) is 9.97 Å². The lowest BCUT2D eigenvalue weighted by atomic mass is 10.1. The number of rotatable bonds is 2. The molecule has 0 saturated carbocycles. The summed E-state index contributed by atoms with van der Waals surface area (Å²) in [6.45, 7) is 2.51. The van der Waals surface area contributed by atoms with Crippen LogP contribution in [0.2, 0.25) is 5.28 Å². The van der Waals surface area contributed by atoms with E-state index in [1.54, 1.807) is 0 Å². The van der Waals surface area contributed by atoms with Gasteiger partial charge in [0.05, 0.1) is 5.69 Å². The molecule has 1 aromatic heterocycles. The van der Waals surface area contributed by atoms with Gasteiger partial charge in [-0.2, -0.15) is 0 Å². The summed E-state index contributed by atoms with van der Waals surface area (Å²) >= 11 is 5.84. The van der Waals surface area contributed by atoms with E-state index >= 15 is 0 Å². The maximum Gasteiger partial charge on any atom is 0.224 e. The first-order valence-electron chi connectivity index (χ1n) is 5.28. The average Bonchev–Trinajstić information content (AvgIpc) is 2.29. The lowest BCUT2D eigenvalue weighted by molar-refractivity contribution is 0.572. The van der Waals surface area contributed by atoms with Gasteiger partial charge in [0.1, 0.15) is 5.82 Å². The molecule has 2 rings (SSSR count). The van der Waals surface area contributed by atoms with Crippen molar-refractivity contribution in [1.82, 2.24) is 9.97 Å². The molecule has 0 atom stereocenters. The zero-order valence-corrected chi connectivity index (χ0v) is 9.37. The molecule has 4 nitrogen and oxygen atoms in total. The second-order valence-electron chi connectivity index (χ2n) is 3.74. The Morgan fingerprint density at radius 1 is 1.27 bits per heavy atom. The zero-order valence-electron chi connectivity index (χ0n) is 8.62. The third kappa shape index (κ3) is 2.58. The van der Waals surface area contributed by atoms with Crippen molar-refractivity contribution >= 4 is 17.4 Å². The number of nitrogens with two attached hydrogens (primary N) is 1. The molecule has 0 aromatic carbocycles. The van der Waals surface area contributed by atoms with Crippen LogP contribution in [-0.2, 0) is 6.54 Å². The lowest BCUT2D eigenvalue weighted by Crippen LogP contribution is -2.30. The first-order chi connectivity index (χ1) is 7.29. The van der Waals surface area contributed by atoms with Crippen LogP contribution in [0.3, 0.4) is 0 Å². The van der Waals surface area contributed by atoms with Crippen LogP contribution in [0.4, 0.5) is 5.82 Å². The molecule has 1 aliphatic heterocycles. The molecular weight excluding hydrogens is 212 g/mol.